The lowest BCUT2D eigenvalue weighted by Crippen LogP contribution is -1.94. The molecule has 0 aliphatic carbocycles. The molecule has 1 aromatic heterocycles. The fourth-order valence-corrected chi connectivity index (χ4v) is 1.38. The van der Waals surface area contributed by atoms with Crippen molar-refractivity contribution in [1.29, 1.82) is 0 Å². The van der Waals surface area contributed by atoms with E-state index in [0.29, 0.717) is 5.95 Å². The van der Waals surface area contributed by atoms with Crippen molar-refractivity contribution in [3.8, 4) is 17.0 Å². The van der Waals surface area contributed by atoms with Gasteiger partial charge in [0, 0.05) is 18.8 Å². The van der Waals surface area contributed by atoms with Crippen molar-refractivity contribution in [2.45, 2.75) is 0 Å². The van der Waals surface area contributed by atoms with Crippen LogP contribution in [0.4, 0.5) is 5.95 Å². The third-order valence-electron chi connectivity index (χ3n) is 2.30. The van der Waals surface area contributed by atoms with Gasteiger partial charge >= 0.3 is 0 Å². The van der Waals surface area contributed by atoms with Crippen molar-refractivity contribution < 1.29 is 4.74 Å². The first-order valence-corrected chi connectivity index (χ1v) is 4.64. The van der Waals surface area contributed by atoms with Crippen LogP contribution in [-0.4, -0.2) is 16.7 Å². The van der Waals surface area contributed by atoms with Gasteiger partial charge in [0.1, 0.15) is 5.75 Å². The second kappa shape index (κ2) is 3.65. The molecule has 2 rings (SSSR count). The summed E-state index contributed by atoms with van der Waals surface area (Å²) < 4.78 is 6.87. The van der Waals surface area contributed by atoms with E-state index < -0.39 is 0 Å². The minimum atomic E-state index is 0.515. The molecular formula is C11H13N3O. The normalized spacial score (nSPS) is 10.3. The molecule has 0 fully saturated rings. The first-order valence-electron chi connectivity index (χ1n) is 4.64. The molecule has 78 valence electrons. The van der Waals surface area contributed by atoms with Crippen molar-refractivity contribution in [1.82, 2.24) is 9.55 Å². The Hall–Kier alpha value is -1.97. The number of hydrogen-bond donors (Lipinski definition) is 1. The lowest BCUT2D eigenvalue weighted by atomic mass is 10.2. The molecule has 0 unspecified atom stereocenters. The van der Waals surface area contributed by atoms with Gasteiger partial charge in [-0.15, -0.1) is 0 Å². The highest BCUT2D eigenvalue weighted by molar-refractivity contribution is 5.61. The van der Waals surface area contributed by atoms with E-state index >= 15 is 0 Å². The van der Waals surface area contributed by atoms with E-state index in [1.807, 2.05) is 37.5 Å². The van der Waals surface area contributed by atoms with Gasteiger partial charge in [-0.1, -0.05) is 0 Å². The molecule has 0 amide bonds. The minimum Gasteiger partial charge on any atom is -0.497 e. The molecule has 0 radical (unpaired) electrons. The summed E-state index contributed by atoms with van der Waals surface area (Å²) in [4.78, 5) is 4.24. The van der Waals surface area contributed by atoms with Crippen molar-refractivity contribution >= 4 is 5.95 Å². The van der Waals surface area contributed by atoms with E-state index in [4.69, 9.17) is 10.5 Å². The fourth-order valence-electron chi connectivity index (χ4n) is 1.38. The van der Waals surface area contributed by atoms with E-state index in [0.717, 1.165) is 17.0 Å². The monoisotopic (exact) mass is 203 g/mol. The number of hydrogen-bond acceptors (Lipinski definition) is 3. The molecule has 0 spiro atoms. The molecule has 4 heteroatoms. The van der Waals surface area contributed by atoms with Crippen LogP contribution in [-0.2, 0) is 7.05 Å². The Labute approximate surface area is 88.3 Å². The Balaban J connectivity index is 2.37. The Morgan fingerprint density at radius 1 is 1.27 bits per heavy atom. The van der Waals surface area contributed by atoms with E-state index in [1.54, 1.807) is 11.7 Å². The first-order chi connectivity index (χ1) is 7.20. The Bertz CT molecular complexity index is 440. The average molecular weight is 203 g/mol. The third kappa shape index (κ3) is 1.79. The van der Waals surface area contributed by atoms with Gasteiger partial charge in [0.05, 0.1) is 12.8 Å². The summed E-state index contributed by atoms with van der Waals surface area (Å²) >= 11 is 0. The fraction of sp³-hybridized carbons (Fsp3) is 0.182. The molecule has 4 nitrogen and oxygen atoms in total. The van der Waals surface area contributed by atoms with Crippen molar-refractivity contribution in [2.24, 2.45) is 7.05 Å². The van der Waals surface area contributed by atoms with Crippen LogP contribution in [0.1, 0.15) is 0 Å². The Morgan fingerprint density at radius 3 is 2.40 bits per heavy atom. The largest absolute Gasteiger partial charge is 0.497 e. The number of nitrogens with two attached hydrogens (primary N) is 1. The molecule has 0 saturated heterocycles. The van der Waals surface area contributed by atoms with Crippen LogP contribution in [0.2, 0.25) is 0 Å². The number of ether oxygens (including phenoxy) is 1. The highest BCUT2D eigenvalue weighted by atomic mass is 16.5. The molecule has 1 aromatic carbocycles. The van der Waals surface area contributed by atoms with E-state index in [2.05, 4.69) is 4.98 Å². The van der Waals surface area contributed by atoms with Gasteiger partial charge in [0.2, 0.25) is 0 Å². The van der Waals surface area contributed by atoms with Crippen LogP contribution in [0.25, 0.3) is 11.3 Å². The summed E-state index contributed by atoms with van der Waals surface area (Å²) in [5.41, 5.74) is 7.56. The summed E-state index contributed by atoms with van der Waals surface area (Å²) in [5, 5.41) is 0. The second-order valence-corrected chi connectivity index (χ2v) is 3.32. The number of methoxy groups -OCH3 is 1. The van der Waals surface area contributed by atoms with Gasteiger partial charge < -0.3 is 15.0 Å². The van der Waals surface area contributed by atoms with Gasteiger partial charge in [-0.2, -0.15) is 0 Å². The zero-order chi connectivity index (χ0) is 10.8. The van der Waals surface area contributed by atoms with E-state index in [1.165, 1.54) is 0 Å². The predicted molar refractivity (Wildman–Crippen MR) is 59.6 cm³/mol. The van der Waals surface area contributed by atoms with Crippen LogP contribution >= 0.6 is 0 Å². The molecule has 0 atom stereocenters. The number of aryl methyl sites for hydroxylation is 1. The maximum absolute atomic E-state index is 5.66. The van der Waals surface area contributed by atoms with Crippen LogP contribution in [0.15, 0.2) is 30.5 Å². The molecular weight excluding hydrogens is 190 g/mol. The Kier molecular flexibility index (Phi) is 2.33. The topological polar surface area (TPSA) is 53.1 Å². The molecule has 0 saturated carbocycles. The van der Waals surface area contributed by atoms with Crippen molar-refractivity contribution in [3.63, 3.8) is 0 Å². The van der Waals surface area contributed by atoms with Crippen LogP contribution in [0, 0.1) is 0 Å². The number of anilines is 1. The summed E-state index contributed by atoms with van der Waals surface area (Å²) in [7, 11) is 3.52. The SMILES string of the molecule is COc1ccc(-c2cn(C)c(N)n2)cc1. The molecule has 0 bridgehead atoms. The standard InChI is InChI=1S/C11H13N3O/c1-14-7-10(13-11(14)12)8-3-5-9(15-2)6-4-8/h3-7H,1-2H3,(H2,12,13). The molecule has 2 aromatic rings. The van der Waals surface area contributed by atoms with Crippen molar-refractivity contribution in [3.05, 3.63) is 30.5 Å². The maximum atomic E-state index is 5.66. The molecule has 15 heavy (non-hydrogen) atoms. The van der Waals surface area contributed by atoms with Crippen molar-refractivity contribution in [2.75, 3.05) is 12.8 Å². The maximum Gasteiger partial charge on any atom is 0.200 e. The first kappa shape index (κ1) is 9.58. The second-order valence-electron chi connectivity index (χ2n) is 3.32. The number of benzene rings is 1. The third-order valence-corrected chi connectivity index (χ3v) is 2.30. The van der Waals surface area contributed by atoms with Crippen LogP contribution in [0.3, 0.4) is 0 Å². The highest BCUT2D eigenvalue weighted by Crippen LogP contribution is 2.21. The van der Waals surface area contributed by atoms with Crippen LogP contribution < -0.4 is 10.5 Å². The average Bonchev–Trinajstić information content (AvgIpc) is 2.59. The van der Waals surface area contributed by atoms with E-state index in [-0.39, 0.29) is 0 Å². The highest BCUT2D eigenvalue weighted by Gasteiger charge is 2.04. The number of aromatic nitrogens is 2. The van der Waals surface area contributed by atoms with Gasteiger partial charge in [-0.25, -0.2) is 4.98 Å². The number of imidazole rings is 1. The number of rotatable bonds is 2. The minimum absolute atomic E-state index is 0.515. The van der Waals surface area contributed by atoms with Gasteiger partial charge in [0.25, 0.3) is 0 Å². The molecule has 1 heterocycles. The predicted octanol–water partition coefficient (Wildman–Crippen LogP) is 1.68. The smallest absolute Gasteiger partial charge is 0.200 e. The lowest BCUT2D eigenvalue weighted by molar-refractivity contribution is 0.415. The van der Waals surface area contributed by atoms with Gasteiger partial charge in [-0.05, 0) is 24.3 Å². The summed E-state index contributed by atoms with van der Waals surface area (Å²) in [6.07, 6.45) is 1.90. The van der Waals surface area contributed by atoms with Gasteiger partial charge in [0.15, 0.2) is 5.95 Å². The summed E-state index contributed by atoms with van der Waals surface area (Å²) in [6.45, 7) is 0. The van der Waals surface area contributed by atoms with Gasteiger partial charge in [-0.3, -0.25) is 0 Å². The zero-order valence-electron chi connectivity index (χ0n) is 8.77. The Morgan fingerprint density at radius 2 is 1.93 bits per heavy atom. The van der Waals surface area contributed by atoms with E-state index in [9.17, 15) is 0 Å². The number of nitrogens with zero attached hydrogens (tertiary/aromatic N) is 2. The zero-order valence-corrected chi connectivity index (χ0v) is 8.77. The molecule has 0 aliphatic rings. The summed E-state index contributed by atoms with van der Waals surface area (Å²) in [6, 6.07) is 7.72. The van der Waals surface area contributed by atoms with Crippen LogP contribution in [0.5, 0.6) is 5.75 Å². The number of nitrogen functional groups attached to an aromatic ring is 1. The molecule has 2 N–H and O–H groups in total. The summed E-state index contributed by atoms with van der Waals surface area (Å²) in [5.74, 6) is 1.35. The lowest BCUT2D eigenvalue weighted by Gasteiger charge is -2.00. The quantitative estimate of drug-likeness (QED) is 0.807. The molecule has 0 aliphatic heterocycles.